The third kappa shape index (κ3) is 6.06. The second-order valence-corrected chi connectivity index (χ2v) is 6.94. The van der Waals surface area contributed by atoms with Crippen molar-refractivity contribution >= 4 is 21.9 Å². The van der Waals surface area contributed by atoms with E-state index in [-0.39, 0.29) is 17.9 Å². The van der Waals surface area contributed by atoms with Gasteiger partial charge in [-0.25, -0.2) is 0 Å². The van der Waals surface area contributed by atoms with E-state index in [2.05, 4.69) is 22.9 Å². The number of hydrogen-bond acceptors (Lipinski definition) is 3. The molecule has 21 heavy (non-hydrogen) atoms. The molecule has 1 unspecified atom stereocenters. The average Bonchev–Trinajstić information content (AvgIpc) is 2.34. The molecule has 0 aromatic heterocycles. The van der Waals surface area contributed by atoms with Crippen molar-refractivity contribution in [2.75, 3.05) is 6.61 Å². The summed E-state index contributed by atoms with van der Waals surface area (Å²) >= 11 is 3.49. The van der Waals surface area contributed by atoms with Gasteiger partial charge in [0, 0.05) is 6.04 Å². The highest BCUT2D eigenvalue weighted by Crippen LogP contribution is 2.34. The van der Waals surface area contributed by atoms with Crippen molar-refractivity contribution in [3.8, 4) is 5.75 Å². The summed E-state index contributed by atoms with van der Waals surface area (Å²) in [5.74, 6) is 0.00860. The zero-order chi connectivity index (χ0) is 16.0. The highest BCUT2D eigenvalue weighted by atomic mass is 79.9. The normalized spacial score (nSPS) is 13.0. The Balaban J connectivity index is 2.76. The van der Waals surface area contributed by atoms with Crippen molar-refractivity contribution in [2.24, 2.45) is 11.1 Å². The number of carboxylic acid groups (broad SMARTS) is 1. The van der Waals surface area contributed by atoms with Crippen LogP contribution in [0.25, 0.3) is 0 Å². The minimum absolute atomic E-state index is 0.111. The van der Waals surface area contributed by atoms with Crippen molar-refractivity contribution in [3.05, 3.63) is 28.2 Å². The summed E-state index contributed by atoms with van der Waals surface area (Å²) in [7, 11) is 0. The van der Waals surface area contributed by atoms with Gasteiger partial charge in [-0.15, -0.1) is 0 Å². The molecule has 1 atom stereocenters. The number of rotatable bonds is 8. The molecule has 0 spiro atoms. The summed E-state index contributed by atoms with van der Waals surface area (Å²) < 4.78 is 6.48. The largest absolute Gasteiger partial charge is 0.492 e. The van der Waals surface area contributed by atoms with Crippen LogP contribution in [0.2, 0.25) is 0 Å². The zero-order valence-electron chi connectivity index (χ0n) is 12.9. The Morgan fingerprint density at radius 1 is 1.48 bits per heavy atom. The molecule has 0 heterocycles. The molecule has 0 saturated heterocycles. The third-order valence-electron chi connectivity index (χ3n) is 3.25. The number of ether oxygens (including phenoxy) is 1. The molecule has 0 bridgehead atoms. The molecular formula is C16H24BrNO3. The number of benzene rings is 1. The summed E-state index contributed by atoms with van der Waals surface area (Å²) in [6.07, 6.45) is 1.68. The van der Waals surface area contributed by atoms with Gasteiger partial charge in [-0.05, 0) is 51.9 Å². The van der Waals surface area contributed by atoms with Crippen molar-refractivity contribution in [2.45, 2.75) is 46.1 Å². The number of hydrogen-bond donors (Lipinski definition) is 2. The smallest absolute Gasteiger partial charge is 0.303 e. The van der Waals surface area contributed by atoms with Crippen molar-refractivity contribution in [1.82, 2.24) is 0 Å². The van der Waals surface area contributed by atoms with E-state index < -0.39 is 5.97 Å². The zero-order valence-corrected chi connectivity index (χ0v) is 14.4. The number of halogens is 1. The first kappa shape index (κ1) is 18.0. The van der Waals surface area contributed by atoms with E-state index >= 15 is 0 Å². The average molecular weight is 358 g/mol. The van der Waals surface area contributed by atoms with Crippen LogP contribution in [-0.2, 0) is 4.79 Å². The second kappa shape index (κ2) is 7.80. The van der Waals surface area contributed by atoms with Crippen molar-refractivity contribution in [3.63, 3.8) is 0 Å². The summed E-state index contributed by atoms with van der Waals surface area (Å²) in [4.78, 5) is 10.9. The highest BCUT2D eigenvalue weighted by Gasteiger charge is 2.25. The van der Waals surface area contributed by atoms with Gasteiger partial charge in [0.2, 0.25) is 0 Å². The second-order valence-electron chi connectivity index (χ2n) is 6.08. The van der Waals surface area contributed by atoms with Crippen LogP contribution >= 0.6 is 15.9 Å². The summed E-state index contributed by atoms with van der Waals surface area (Å²) in [6.45, 7) is 6.59. The fourth-order valence-electron chi connectivity index (χ4n) is 2.27. The van der Waals surface area contributed by atoms with Gasteiger partial charge in [0.05, 0.1) is 17.5 Å². The van der Waals surface area contributed by atoms with Gasteiger partial charge in [0.15, 0.2) is 0 Å². The Labute approximate surface area is 134 Å². The third-order valence-corrected chi connectivity index (χ3v) is 3.87. The predicted octanol–water partition coefficient (Wildman–Crippen LogP) is 4.13. The molecule has 0 aliphatic carbocycles. The van der Waals surface area contributed by atoms with E-state index in [1.807, 2.05) is 32.0 Å². The monoisotopic (exact) mass is 357 g/mol. The Morgan fingerprint density at radius 3 is 2.67 bits per heavy atom. The van der Waals surface area contributed by atoms with E-state index in [9.17, 15) is 4.79 Å². The SMILES string of the molecule is CCCOc1ccc(C(N)CC(C)(C)CC(=O)O)cc1Br. The molecule has 118 valence electrons. The summed E-state index contributed by atoms with van der Waals surface area (Å²) in [6, 6.07) is 5.60. The molecule has 0 radical (unpaired) electrons. The maximum atomic E-state index is 10.9. The van der Waals surface area contributed by atoms with Gasteiger partial charge >= 0.3 is 5.97 Å². The van der Waals surface area contributed by atoms with E-state index in [0.29, 0.717) is 13.0 Å². The predicted molar refractivity (Wildman–Crippen MR) is 87.5 cm³/mol. The van der Waals surface area contributed by atoms with E-state index in [0.717, 1.165) is 22.2 Å². The summed E-state index contributed by atoms with van der Waals surface area (Å²) in [5, 5.41) is 8.93. The number of carbonyl (C=O) groups is 1. The Morgan fingerprint density at radius 2 is 2.14 bits per heavy atom. The lowest BCUT2D eigenvalue weighted by Gasteiger charge is -2.26. The lowest BCUT2D eigenvalue weighted by Crippen LogP contribution is -2.24. The highest BCUT2D eigenvalue weighted by molar-refractivity contribution is 9.10. The van der Waals surface area contributed by atoms with E-state index in [1.54, 1.807) is 0 Å². The molecule has 0 aliphatic heterocycles. The standard InChI is InChI=1S/C16H24BrNO3/c1-4-7-21-14-6-5-11(8-12(14)17)13(18)9-16(2,3)10-15(19)20/h5-6,8,13H,4,7,9-10,18H2,1-3H3,(H,19,20). The molecule has 0 aliphatic rings. The molecule has 1 rings (SSSR count). The quantitative estimate of drug-likeness (QED) is 0.733. The Hall–Kier alpha value is -1.07. The van der Waals surface area contributed by atoms with Crippen LogP contribution in [0.5, 0.6) is 5.75 Å². The van der Waals surface area contributed by atoms with Gasteiger partial charge in [0.1, 0.15) is 5.75 Å². The molecule has 0 fully saturated rings. The Kier molecular flexibility index (Phi) is 6.68. The number of aliphatic carboxylic acids is 1. The molecule has 0 saturated carbocycles. The van der Waals surface area contributed by atoms with E-state index in [4.69, 9.17) is 15.6 Å². The van der Waals surface area contributed by atoms with Crippen LogP contribution in [0.3, 0.4) is 0 Å². The van der Waals surface area contributed by atoms with Crippen molar-refractivity contribution < 1.29 is 14.6 Å². The maximum Gasteiger partial charge on any atom is 0.303 e. The Bertz CT molecular complexity index is 488. The van der Waals surface area contributed by atoms with Gasteiger partial charge < -0.3 is 15.6 Å². The first-order chi connectivity index (χ1) is 9.75. The summed E-state index contributed by atoms with van der Waals surface area (Å²) in [5.41, 5.74) is 6.86. The fraction of sp³-hybridized carbons (Fsp3) is 0.562. The van der Waals surface area contributed by atoms with Crippen LogP contribution in [0.1, 0.15) is 51.6 Å². The number of carboxylic acids is 1. The molecule has 5 heteroatoms. The molecular weight excluding hydrogens is 334 g/mol. The maximum absolute atomic E-state index is 10.9. The molecule has 3 N–H and O–H groups in total. The van der Waals surface area contributed by atoms with Gasteiger partial charge in [-0.3, -0.25) is 4.79 Å². The van der Waals surface area contributed by atoms with Crippen molar-refractivity contribution in [1.29, 1.82) is 0 Å². The van der Waals surface area contributed by atoms with Crippen LogP contribution in [0.15, 0.2) is 22.7 Å². The van der Waals surface area contributed by atoms with Gasteiger partial charge in [0.25, 0.3) is 0 Å². The van der Waals surface area contributed by atoms with Gasteiger partial charge in [-0.1, -0.05) is 26.8 Å². The van der Waals surface area contributed by atoms with Gasteiger partial charge in [-0.2, -0.15) is 0 Å². The fourth-order valence-corrected chi connectivity index (χ4v) is 2.78. The van der Waals surface area contributed by atoms with Crippen LogP contribution < -0.4 is 10.5 Å². The molecule has 1 aromatic carbocycles. The number of nitrogens with two attached hydrogens (primary N) is 1. The molecule has 0 amide bonds. The lowest BCUT2D eigenvalue weighted by molar-refractivity contribution is -0.139. The van der Waals surface area contributed by atoms with Crippen LogP contribution in [0, 0.1) is 5.41 Å². The minimum Gasteiger partial charge on any atom is -0.492 e. The first-order valence-corrected chi connectivity index (χ1v) is 7.94. The van der Waals surface area contributed by atoms with Crippen LogP contribution in [-0.4, -0.2) is 17.7 Å². The first-order valence-electron chi connectivity index (χ1n) is 7.15. The molecule has 1 aromatic rings. The topological polar surface area (TPSA) is 72.5 Å². The van der Waals surface area contributed by atoms with Crippen LogP contribution in [0.4, 0.5) is 0 Å². The lowest BCUT2D eigenvalue weighted by atomic mass is 9.81. The minimum atomic E-state index is -0.795. The van der Waals surface area contributed by atoms with E-state index in [1.165, 1.54) is 0 Å². The molecule has 4 nitrogen and oxygen atoms in total.